The summed E-state index contributed by atoms with van der Waals surface area (Å²) in [6.07, 6.45) is -1.82. The lowest BCUT2D eigenvalue weighted by Crippen LogP contribution is -2.50. The van der Waals surface area contributed by atoms with Gasteiger partial charge in [0.15, 0.2) is 12.2 Å². The van der Waals surface area contributed by atoms with Crippen LogP contribution in [0.5, 0.6) is 0 Å². The van der Waals surface area contributed by atoms with E-state index in [-0.39, 0.29) is 41.9 Å². The number of benzene rings is 4. The average molecular weight is 1080 g/mol. The van der Waals surface area contributed by atoms with Crippen LogP contribution in [0.3, 0.4) is 0 Å². The van der Waals surface area contributed by atoms with E-state index in [1.807, 2.05) is 42.6 Å². The monoisotopic (exact) mass is 1080 g/mol. The molecule has 0 aromatic heterocycles. The molecule has 2 unspecified atom stereocenters. The maximum absolute atomic E-state index is 13.4. The van der Waals surface area contributed by atoms with Crippen molar-refractivity contribution in [3.05, 3.63) is 143 Å². The van der Waals surface area contributed by atoms with Crippen LogP contribution < -0.4 is 32.3 Å². The Morgan fingerprint density at radius 3 is 1.26 bits per heavy atom. The van der Waals surface area contributed by atoms with E-state index in [1.54, 1.807) is 30.3 Å². The number of ether oxygens (including phenoxy) is 4. The van der Waals surface area contributed by atoms with Crippen LogP contribution in [0.15, 0.2) is 97.1 Å². The summed E-state index contributed by atoms with van der Waals surface area (Å²) in [5.41, 5.74) is 6.58. The highest BCUT2D eigenvalue weighted by Gasteiger charge is 2.28. The number of carbonyl (C=O) groups is 6. The number of aliphatic hydroxyl groups is 2. The SMILES string of the molecule is C.CCCOCCOCCNC(=O)[C@@H](N)c1ccccc1.CCCOCCOCCNC(=O)[C@@H](NC(=O)[C@H](C)NC(=O)C(O)c1cc(F)cc(F)c1)c1ccccc1.C[C@H](NC(=O)C(O)c1cc(F)cc(F)c1)C(=O)O.[HH].[HH].[HH]. The summed E-state index contributed by atoms with van der Waals surface area (Å²) < 4.78 is 73.9. The van der Waals surface area contributed by atoms with E-state index in [0.717, 1.165) is 49.3 Å². The molecule has 0 radical (unpaired) electrons. The summed E-state index contributed by atoms with van der Waals surface area (Å²) in [5.74, 6) is -8.56. The van der Waals surface area contributed by atoms with E-state index in [9.17, 15) is 56.5 Å². The third kappa shape index (κ3) is 26.6. The van der Waals surface area contributed by atoms with Gasteiger partial charge in [-0.05, 0) is 73.2 Å². The van der Waals surface area contributed by atoms with E-state index in [0.29, 0.717) is 63.9 Å². The van der Waals surface area contributed by atoms with Crippen molar-refractivity contribution in [2.24, 2.45) is 5.73 Å². The lowest BCUT2D eigenvalue weighted by atomic mass is 10.1. The zero-order valence-electron chi connectivity index (χ0n) is 42.2. The molecule has 0 fully saturated rings. The molecular formula is C53H78F4N6O13. The molecule has 4 aromatic carbocycles. The lowest BCUT2D eigenvalue weighted by molar-refractivity contribution is -0.143. The van der Waals surface area contributed by atoms with Crippen LogP contribution >= 0.6 is 0 Å². The first-order chi connectivity index (χ1) is 35.8. The van der Waals surface area contributed by atoms with Crippen LogP contribution in [0.25, 0.3) is 0 Å². The highest BCUT2D eigenvalue weighted by Crippen LogP contribution is 2.19. The van der Waals surface area contributed by atoms with Gasteiger partial charge in [0.05, 0.1) is 39.6 Å². The number of carbonyl (C=O) groups excluding carboxylic acids is 5. The quantitative estimate of drug-likeness (QED) is 0.0252. The Morgan fingerprint density at radius 2 is 0.868 bits per heavy atom. The van der Waals surface area contributed by atoms with Gasteiger partial charge >= 0.3 is 5.97 Å². The zero-order valence-corrected chi connectivity index (χ0v) is 42.2. The second-order valence-electron chi connectivity index (χ2n) is 16.3. The molecule has 0 aliphatic rings. The normalized spacial score (nSPS) is 12.9. The molecule has 5 amide bonds. The molecule has 0 bridgehead atoms. The molecule has 19 nitrogen and oxygen atoms in total. The number of carboxylic acid groups (broad SMARTS) is 1. The minimum Gasteiger partial charge on any atom is -0.480 e. The molecule has 0 spiro atoms. The fourth-order valence-corrected chi connectivity index (χ4v) is 6.14. The number of aliphatic hydroxyl groups excluding tert-OH is 2. The van der Waals surface area contributed by atoms with Gasteiger partial charge in [-0.2, -0.15) is 0 Å². The topological polar surface area (TPSA) is 286 Å². The number of carboxylic acids is 1. The smallest absolute Gasteiger partial charge is 0.325 e. The van der Waals surface area contributed by atoms with Gasteiger partial charge in [-0.25, -0.2) is 17.6 Å². The summed E-state index contributed by atoms with van der Waals surface area (Å²) in [7, 11) is 0. The van der Waals surface area contributed by atoms with Crippen molar-refractivity contribution >= 4 is 35.5 Å². The first-order valence-electron chi connectivity index (χ1n) is 23.9. The number of aliphatic carboxylic acids is 1. The van der Waals surface area contributed by atoms with Crippen LogP contribution in [-0.4, -0.2) is 129 Å². The lowest BCUT2D eigenvalue weighted by Gasteiger charge is -2.22. The minimum atomic E-state index is -1.90. The number of rotatable bonds is 29. The Balaban J connectivity index is -0.00000117. The van der Waals surface area contributed by atoms with Crippen molar-refractivity contribution in [3.8, 4) is 0 Å². The number of amides is 5. The van der Waals surface area contributed by atoms with Crippen molar-refractivity contribution in [2.75, 3.05) is 65.9 Å². The summed E-state index contributed by atoms with van der Waals surface area (Å²) in [6, 6.07) is 18.1. The predicted molar refractivity (Wildman–Crippen MR) is 279 cm³/mol. The molecule has 0 saturated carbocycles. The van der Waals surface area contributed by atoms with E-state index in [4.69, 9.17) is 29.8 Å². The third-order valence-corrected chi connectivity index (χ3v) is 10.0. The molecule has 4 aromatic rings. The molecule has 0 aliphatic carbocycles. The Labute approximate surface area is 444 Å². The van der Waals surface area contributed by atoms with Crippen LogP contribution in [0.1, 0.15) is 98.8 Å². The van der Waals surface area contributed by atoms with Gasteiger partial charge in [-0.3, -0.25) is 28.8 Å². The minimum absolute atomic E-state index is 0. The van der Waals surface area contributed by atoms with Gasteiger partial charge < -0.3 is 66.6 Å². The molecule has 76 heavy (non-hydrogen) atoms. The summed E-state index contributed by atoms with van der Waals surface area (Å²) >= 11 is 0. The number of hydrogen-bond acceptors (Lipinski definition) is 13. The predicted octanol–water partition coefficient (Wildman–Crippen LogP) is 5.13. The van der Waals surface area contributed by atoms with Crippen LogP contribution in [0.4, 0.5) is 17.6 Å². The molecular weight excluding hydrogens is 1000 g/mol. The first-order valence-corrected chi connectivity index (χ1v) is 23.9. The highest BCUT2D eigenvalue weighted by atomic mass is 19.1. The van der Waals surface area contributed by atoms with Crippen molar-refractivity contribution < 1.29 is 84.9 Å². The Hall–Kier alpha value is -6.86. The summed E-state index contributed by atoms with van der Waals surface area (Å²) in [6.45, 7) is 11.4. The van der Waals surface area contributed by atoms with Gasteiger partial charge in [-0.1, -0.05) is 81.9 Å². The van der Waals surface area contributed by atoms with E-state index >= 15 is 0 Å². The Kier molecular flexibility index (Phi) is 33.4. The van der Waals surface area contributed by atoms with E-state index in [1.165, 1.54) is 13.8 Å². The van der Waals surface area contributed by atoms with Gasteiger partial charge in [0.2, 0.25) is 17.7 Å². The van der Waals surface area contributed by atoms with Gasteiger partial charge in [0.1, 0.15) is 47.4 Å². The second kappa shape index (κ2) is 37.8. The number of nitrogens with two attached hydrogens (primary N) is 1. The molecule has 4 rings (SSSR count). The van der Waals surface area contributed by atoms with Gasteiger partial charge in [0.25, 0.3) is 11.8 Å². The Bertz CT molecular complexity index is 2340. The summed E-state index contributed by atoms with van der Waals surface area (Å²) in [4.78, 5) is 71.7. The zero-order chi connectivity index (χ0) is 55.7. The number of hydrogen-bond donors (Lipinski definition) is 9. The third-order valence-electron chi connectivity index (χ3n) is 10.0. The number of nitrogens with one attached hydrogen (secondary N) is 5. The van der Waals surface area contributed by atoms with Crippen LogP contribution in [0, 0.1) is 23.3 Å². The molecule has 10 N–H and O–H groups in total. The van der Waals surface area contributed by atoms with Gasteiger partial charge in [-0.15, -0.1) is 0 Å². The van der Waals surface area contributed by atoms with E-state index < -0.39 is 89.2 Å². The molecule has 0 heterocycles. The second-order valence-corrected chi connectivity index (χ2v) is 16.3. The molecule has 6 atom stereocenters. The van der Waals surface area contributed by atoms with Crippen molar-refractivity contribution in [2.45, 2.75) is 84.3 Å². The molecule has 23 heteroatoms. The molecule has 426 valence electrons. The molecule has 0 saturated heterocycles. The van der Waals surface area contributed by atoms with E-state index in [2.05, 4.69) is 28.2 Å². The van der Waals surface area contributed by atoms with Crippen molar-refractivity contribution in [3.63, 3.8) is 0 Å². The Morgan fingerprint density at radius 1 is 0.500 bits per heavy atom. The maximum atomic E-state index is 13.4. The summed E-state index contributed by atoms with van der Waals surface area (Å²) in [5, 5.41) is 40.5. The van der Waals surface area contributed by atoms with Crippen molar-refractivity contribution in [1.29, 1.82) is 0 Å². The fraction of sp³-hybridized carbons (Fsp3) is 0.434. The molecule has 0 aliphatic heterocycles. The average Bonchev–Trinajstić information content (AvgIpc) is 3.38. The first kappa shape index (κ1) is 67.2. The highest BCUT2D eigenvalue weighted by molar-refractivity contribution is 5.93. The van der Waals surface area contributed by atoms with Crippen LogP contribution in [-0.2, 0) is 47.7 Å². The van der Waals surface area contributed by atoms with Gasteiger partial charge in [0, 0.05) is 42.7 Å². The number of halogens is 4. The largest absolute Gasteiger partial charge is 0.480 e. The fourth-order valence-electron chi connectivity index (χ4n) is 6.14. The van der Waals surface area contributed by atoms with Crippen LogP contribution in [0.2, 0.25) is 0 Å². The van der Waals surface area contributed by atoms with Crippen molar-refractivity contribution in [1.82, 2.24) is 26.6 Å². The standard InChI is InChI=1S/C26H33F2N3O6.C15H24N2O3.C11H11F2NO4.CH4.3H2/c1-3-10-36-12-13-37-11-9-29-25(34)22(18-7-5-4-6-8-18)31-24(33)17(2)30-26(35)23(32)19-14-20(27)16-21(28)15-19;1-2-9-19-11-12-20-10-8-17-15(18)14(16)13-6-4-3-5-7-13;1-5(11(17)18)14-10(16)9(15)6-2-7(12)4-8(13)3-6;;;;/h4-8,14-17,22-23,32H,3,9-13H2,1-2H3,(H,29,34)(H,30,35)(H,31,33);3-7,14H,2,8-12,16H2,1H3,(H,17,18);2-5,9,15H,1H3,(H,14,16)(H,17,18);1H4;3*1H/t17-,22-,23?;14-;5-,9?;;;;/m000..../s1. The maximum Gasteiger partial charge on any atom is 0.325 e.